The number of carbonyl (C=O) groups is 1. The van der Waals surface area contributed by atoms with Crippen LogP contribution in [0.2, 0.25) is 0 Å². The van der Waals surface area contributed by atoms with Crippen LogP contribution in [0.4, 0.5) is 0 Å². The molecule has 4 heteroatoms. The van der Waals surface area contributed by atoms with Crippen molar-refractivity contribution in [2.45, 2.75) is 52.7 Å². The number of benzene rings is 1. The minimum absolute atomic E-state index is 0.0385. The van der Waals surface area contributed by atoms with Crippen molar-refractivity contribution in [2.75, 3.05) is 14.2 Å². The highest BCUT2D eigenvalue weighted by Gasteiger charge is 2.23. The molecule has 1 atom stereocenters. The van der Waals surface area contributed by atoms with Gasteiger partial charge in [-0.2, -0.15) is 0 Å². The molecule has 0 saturated carbocycles. The monoisotopic (exact) mass is 292 g/mol. The molecule has 0 bridgehead atoms. The van der Waals surface area contributed by atoms with Crippen molar-refractivity contribution in [3.05, 3.63) is 29.3 Å². The molecule has 0 aromatic heterocycles. The highest BCUT2D eigenvalue weighted by molar-refractivity contribution is 5.81. The van der Waals surface area contributed by atoms with E-state index >= 15 is 0 Å². The first kappa shape index (κ1) is 17.5. The number of ether oxygens (including phenoxy) is 1. The Balaban J connectivity index is 2.78. The van der Waals surface area contributed by atoms with Gasteiger partial charge >= 0.3 is 0 Å². The second-order valence-corrected chi connectivity index (χ2v) is 6.65. The molecule has 0 radical (unpaired) electrons. The summed E-state index contributed by atoms with van der Waals surface area (Å²) in [5, 5.41) is 3.01. The van der Waals surface area contributed by atoms with Crippen LogP contribution >= 0.6 is 0 Å². The summed E-state index contributed by atoms with van der Waals surface area (Å²) in [6.45, 7) is 10.6. The molecule has 21 heavy (non-hydrogen) atoms. The summed E-state index contributed by atoms with van der Waals surface area (Å²) < 4.78 is 5.39. The van der Waals surface area contributed by atoms with Crippen LogP contribution in [0.15, 0.2) is 18.2 Å². The first-order valence-corrected chi connectivity index (χ1v) is 7.30. The fourth-order valence-electron chi connectivity index (χ4n) is 2.11. The zero-order valence-electron chi connectivity index (χ0n) is 14.3. The Morgan fingerprint density at radius 2 is 2.00 bits per heavy atom. The van der Waals surface area contributed by atoms with Gasteiger partial charge in [-0.05, 0) is 47.7 Å². The molecule has 0 heterocycles. The van der Waals surface area contributed by atoms with E-state index in [2.05, 4.69) is 18.3 Å². The first-order valence-electron chi connectivity index (χ1n) is 7.30. The lowest BCUT2D eigenvalue weighted by molar-refractivity contribution is -0.127. The van der Waals surface area contributed by atoms with E-state index in [1.54, 1.807) is 7.11 Å². The smallest absolute Gasteiger partial charge is 0.237 e. The number of carbonyl (C=O) groups excluding carboxylic acids is 1. The Morgan fingerprint density at radius 3 is 2.52 bits per heavy atom. The maximum absolute atomic E-state index is 12.2. The fourth-order valence-corrected chi connectivity index (χ4v) is 2.11. The Hall–Kier alpha value is -1.55. The topological polar surface area (TPSA) is 41.6 Å². The third kappa shape index (κ3) is 5.38. The number of hydrogen-bond acceptors (Lipinski definition) is 3. The molecule has 1 rings (SSSR count). The molecule has 0 fully saturated rings. The molecule has 1 aromatic rings. The zero-order valence-corrected chi connectivity index (χ0v) is 14.3. The second-order valence-electron chi connectivity index (χ2n) is 6.65. The Kier molecular flexibility index (Phi) is 5.78. The van der Waals surface area contributed by atoms with E-state index in [1.807, 2.05) is 51.8 Å². The van der Waals surface area contributed by atoms with E-state index < -0.39 is 0 Å². The van der Waals surface area contributed by atoms with Gasteiger partial charge in [0.05, 0.1) is 13.2 Å². The van der Waals surface area contributed by atoms with Crippen molar-refractivity contribution < 1.29 is 9.53 Å². The minimum Gasteiger partial charge on any atom is -0.496 e. The standard InChI is InChI=1S/C17H28N2O2/c1-12-8-9-15(21-7)14(10-12)11-19(6)13(2)16(20)18-17(3,4)5/h8-10,13H,11H2,1-7H3,(H,18,20)/t13-/m1/s1. The summed E-state index contributed by atoms with van der Waals surface area (Å²) in [4.78, 5) is 14.3. The molecule has 0 aliphatic rings. The number of rotatable bonds is 5. The van der Waals surface area contributed by atoms with Crippen LogP contribution in [-0.2, 0) is 11.3 Å². The second kappa shape index (κ2) is 6.94. The average Bonchev–Trinajstić information content (AvgIpc) is 2.36. The van der Waals surface area contributed by atoms with Crippen molar-refractivity contribution in [1.82, 2.24) is 10.2 Å². The van der Waals surface area contributed by atoms with Crippen LogP contribution in [0.1, 0.15) is 38.8 Å². The van der Waals surface area contributed by atoms with Gasteiger partial charge in [-0.1, -0.05) is 17.7 Å². The summed E-state index contributed by atoms with van der Waals surface area (Å²) in [7, 11) is 3.62. The van der Waals surface area contributed by atoms with E-state index in [-0.39, 0.29) is 17.5 Å². The van der Waals surface area contributed by atoms with Gasteiger partial charge < -0.3 is 10.1 Å². The van der Waals surface area contributed by atoms with Crippen LogP contribution in [-0.4, -0.2) is 36.5 Å². The van der Waals surface area contributed by atoms with Gasteiger partial charge in [0.1, 0.15) is 5.75 Å². The van der Waals surface area contributed by atoms with Crippen LogP contribution in [0, 0.1) is 6.92 Å². The largest absolute Gasteiger partial charge is 0.496 e. The van der Waals surface area contributed by atoms with Crippen molar-refractivity contribution in [3.63, 3.8) is 0 Å². The zero-order chi connectivity index (χ0) is 16.2. The van der Waals surface area contributed by atoms with E-state index in [9.17, 15) is 4.79 Å². The molecular formula is C17H28N2O2. The Morgan fingerprint density at radius 1 is 1.38 bits per heavy atom. The van der Waals surface area contributed by atoms with Crippen molar-refractivity contribution in [1.29, 1.82) is 0 Å². The molecule has 0 aliphatic heterocycles. The predicted octanol–water partition coefficient (Wildman–Crippen LogP) is 2.74. The Bertz CT molecular complexity index is 492. The lowest BCUT2D eigenvalue weighted by atomic mass is 10.1. The van der Waals surface area contributed by atoms with Crippen LogP contribution in [0.5, 0.6) is 5.75 Å². The molecule has 4 nitrogen and oxygen atoms in total. The third-order valence-corrected chi connectivity index (χ3v) is 3.39. The van der Waals surface area contributed by atoms with Gasteiger partial charge in [0.25, 0.3) is 0 Å². The molecule has 1 aromatic carbocycles. The van der Waals surface area contributed by atoms with Gasteiger partial charge in [0.2, 0.25) is 5.91 Å². The number of likely N-dealkylation sites (N-methyl/N-ethyl adjacent to an activating group) is 1. The SMILES string of the molecule is COc1ccc(C)cc1CN(C)[C@H](C)C(=O)NC(C)(C)C. The molecule has 1 amide bonds. The van der Waals surface area contributed by atoms with Crippen molar-refractivity contribution in [3.8, 4) is 5.75 Å². The van der Waals surface area contributed by atoms with Crippen molar-refractivity contribution in [2.24, 2.45) is 0 Å². The number of nitrogens with zero attached hydrogens (tertiary/aromatic N) is 1. The molecular weight excluding hydrogens is 264 g/mol. The van der Waals surface area contributed by atoms with Gasteiger partial charge in [0, 0.05) is 17.6 Å². The van der Waals surface area contributed by atoms with E-state index in [0.29, 0.717) is 6.54 Å². The summed E-state index contributed by atoms with van der Waals surface area (Å²) in [5.74, 6) is 0.896. The predicted molar refractivity (Wildman–Crippen MR) is 86.6 cm³/mol. The normalized spacial score (nSPS) is 13.1. The Labute approximate surface area is 128 Å². The fraction of sp³-hybridized carbons (Fsp3) is 0.588. The van der Waals surface area contributed by atoms with Crippen LogP contribution in [0.25, 0.3) is 0 Å². The lowest BCUT2D eigenvalue weighted by Crippen LogP contribution is -2.49. The van der Waals surface area contributed by atoms with E-state index in [0.717, 1.165) is 11.3 Å². The highest BCUT2D eigenvalue weighted by atomic mass is 16.5. The molecule has 0 saturated heterocycles. The molecule has 0 spiro atoms. The van der Waals surface area contributed by atoms with Crippen LogP contribution < -0.4 is 10.1 Å². The third-order valence-electron chi connectivity index (χ3n) is 3.39. The number of methoxy groups -OCH3 is 1. The summed E-state index contributed by atoms with van der Waals surface area (Å²) >= 11 is 0. The summed E-state index contributed by atoms with van der Waals surface area (Å²) in [6, 6.07) is 5.90. The maximum atomic E-state index is 12.2. The first-order chi connectivity index (χ1) is 9.64. The quantitative estimate of drug-likeness (QED) is 0.907. The summed E-state index contributed by atoms with van der Waals surface area (Å²) in [5.41, 5.74) is 2.06. The molecule has 118 valence electrons. The van der Waals surface area contributed by atoms with E-state index in [4.69, 9.17) is 4.74 Å². The molecule has 0 unspecified atom stereocenters. The summed E-state index contributed by atoms with van der Waals surface area (Å²) in [6.07, 6.45) is 0. The van der Waals surface area contributed by atoms with Gasteiger partial charge in [-0.15, -0.1) is 0 Å². The maximum Gasteiger partial charge on any atom is 0.237 e. The highest BCUT2D eigenvalue weighted by Crippen LogP contribution is 2.21. The van der Waals surface area contributed by atoms with Gasteiger partial charge in [-0.3, -0.25) is 9.69 Å². The molecule has 1 N–H and O–H groups in total. The number of hydrogen-bond donors (Lipinski definition) is 1. The van der Waals surface area contributed by atoms with Crippen LogP contribution in [0.3, 0.4) is 0 Å². The minimum atomic E-state index is -0.215. The van der Waals surface area contributed by atoms with Gasteiger partial charge in [-0.25, -0.2) is 0 Å². The molecule has 0 aliphatic carbocycles. The average molecular weight is 292 g/mol. The number of nitrogens with one attached hydrogen (secondary N) is 1. The van der Waals surface area contributed by atoms with Gasteiger partial charge in [0.15, 0.2) is 0 Å². The number of amides is 1. The lowest BCUT2D eigenvalue weighted by Gasteiger charge is -2.28. The number of aryl methyl sites for hydroxylation is 1. The van der Waals surface area contributed by atoms with E-state index in [1.165, 1.54) is 5.56 Å². The van der Waals surface area contributed by atoms with Crippen molar-refractivity contribution >= 4 is 5.91 Å².